The minimum atomic E-state index is 0.00890. The fraction of sp³-hybridized carbons (Fsp3) is 0.304. The zero-order valence-electron chi connectivity index (χ0n) is 16.7. The fourth-order valence-electron chi connectivity index (χ4n) is 3.64. The number of nitrogens with one attached hydrogen (secondary N) is 1. The third kappa shape index (κ3) is 5.43. The van der Waals surface area contributed by atoms with E-state index in [2.05, 4.69) is 75.6 Å². The van der Waals surface area contributed by atoms with Gasteiger partial charge in [-0.3, -0.25) is 9.69 Å². The molecule has 1 aliphatic rings. The molecule has 2 aromatic carbocycles. The maximum atomic E-state index is 12.4. The van der Waals surface area contributed by atoms with Crippen LogP contribution < -0.4 is 10.2 Å². The maximum absolute atomic E-state index is 12.4. The van der Waals surface area contributed by atoms with Crippen molar-refractivity contribution < 1.29 is 4.79 Å². The van der Waals surface area contributed by atoms with Gasteiger partial charge in [0.1, 0.15) is 0 Å². The number of aromatic nitrogens is 1. The van der Waals surface area contributed by atoms with Gasteiger partial charge in [-0.15, -0.1) is 11.3 Å². The van der Waals surface area contributed by atoms with Gasteiger partial charge in [-0.05, 0) is 24.6 Å². The molecule has 0 unspecified atom stereocenters. The van der Waals surface area contributed by atoms with E-state index in [0.717, 1.165) is 37.5 Å². The molecular weight excluding hydrogens is 380 g/mol. The molecule has 150 valence electrons. The Morgan fingerprint density at radius 1 is 1.07 bits per heavy atom. The summed E-state index contributed by atoms with van der Waals surface area (Å²) >= 11 is 1.55. The van der Waals surface area contributed by atoms with Crippen molar-refractivity contribution in [2.45, 2.75) is 13.3 Å². The lowest BCUT2D eigenvalue weighted by Gasteiger charge is -2.35. The lowest BCUT2D eigenvalue weighted by Crippen LogP contribution is -2.48. The molecular formula is C23H26N4OS. The summed E-state index contributed by atoms with van der Waals surface area (Å²) in [4.78, 5) is 22.6. The van der Waals surface area contributed by atoms with Crippen LogP contribution in [0.5, 0.6) is 0 Å². The van der Waals surface area contributed by atoms with Gasteiger partial charge in [0, 0.05) is 49.4 Å². The quantitative estimate of drug-likeness (QED) is 0.676. The zero-order chi connectivity index (χ0) is 20.1. The predicted octanol–water partition coefficient (Wildman–Crippen LogP) is 3.80. The number of anilines is 2. The molecule has 1 amide bonds. The molecule has 0 spiro atoms. The van der Waals surface area contributed by atoms with Gasteiger partial charge < -0.3 is 10.2 Å². The van der Waals surface area contributed by atoms with Crippen molar-refractivity contribution in [2.24, 2.45) is 0 Å². The third-order valence-corrected chi connectivity index (χ3v) is 6.03. The molecule has 0 bridgehead atoms. The molecule has 0 radical (unpaired) electrons. The Kier molecular flexibility index (Phi) is 6.22. The highest BCUT2D eigenvalue weighted by atomic mass is 32.1. The van der Waals surface area contributed by atoms with E-state index in [9.17, 15) is 4.79 Å². The number of rotatable bonds is 6. The van der Waals surface area contributed by atoms with E-state index < -0.39 is 0 Å². The zero-order valence-corrected chi connectivity index (χ0v) is 17.5. The molecule has 3 aromatic rings. The largest absolute Gasteiger partial charge is 0.369 e. The van der Waals surface area contributed by atoms with Crippen LogP contribution in [0.1, 0.15) is 16.0 Å². The molecule has 1 aromatic heterocycles. The van der Waals surface area contributed by atoms with Gasteiger partial charge in [-0.25, -0.2) is 4.98 Å². The Hall–Kier alpha value is -2.70. The summed E-state index contributed by atoms with van der Waals surface area (Å²) in [6.45, 7) is 6.17. The highest BCUT2D eigenvalue weighted by Crippen LogP contribution is 2.22. The second kappa shape index (κ2) is 9.20. The molecule has 0 saturated carbocycles. The first-order valence-corrected chi connectivity index (χ1v) is 10.8. The molecule has 29 heavy (non-hydrogen) atoms. The van der Waals surface area contributed by atoms with Crippen LogP contribution in [0.2, 0.25) is 0 Å². The fourth-order valence-corrected chi connectivity index (χ4v) is 4.50. The summed E-state index contributed by atoms with van der Waals surface area (Å²) in [6, 6.07) is 18.9. The first-order valence-electron chi connectivity index (χ1n) is 9.98. The minimum Gasteiger partial charge on any atom is -0.369 e. The summed E-state index contributed by atoms with van der Waals surface area (Å²) in [5.41, 5.74) is 3.77. The average molecular weight is 407 g/mol. The van der Waals surface area contributed by atoms with Crippen LogP contribution in [0.15, 0.2) is 60.8 Å². The second-order valence-electron chi connectivity index (χ2n) is 7.44. The number of hydrogen-bond acceptors (Lipinski definition) is 5. The van der Waals surface area contributed by atoms with Crippen molar-refractivity contribution in [2.75, 3.05) is 42.9 Å². The smallest absolute Gasteiger partial charge is 0.240 e. The Morgan fingerprint density at radius 2 is 1.86 bits per heavy atom. The SMILES string of the molecule is Cc1cccc(Cc2cnc(NC(=O)CN3CCN(c4ccccc4)CC3)s2)c1. The molecule has 1 saturated heterocycles. The first-order chi connectivity index (χ1) is 14.2. The number of para-hydroxylation sites is 1. The molecule has 2 heterocycles. The van der Waals surface area contributed by atoms with E-state index in [4.69, 9.17) is 0 Å². The van der Waals surface area contributed by atoms with Crippen LogP contribution in [0, 0.1) is 6.92 Å². The van der Waals surface area contributed by atoms with Gasteiger partial charge in [0.05, 0.1) is 6.54 Å². The molecule has 0 aliphatic carbocycles. The van der Waals surface area contributed by atoms with E-state index in [0.29, 0.717) is 11.7 Å². The second-order valence-corrected chi connectivity index (χ2v) is 8.56. The van der Waals surface area contributed by atoms with Crippen molar-refractivity contribution in [3.8, 4) is 0 Å². The Balaban J connectivity index is 1.25. The molecule has 4 rings (SSSR count). The predicted molar refractivity (Wildman–Crippen MR) is 120 cm³/mol. The van der Waals surface area contributed by atoms with Crippen LogP contribution in [-0.2, 0) is 11.2 Å². The van der Waals surface area contributed by atoms with Crippen molar-refractivity contribution in [1.82, 2.24) is 9.88 Å². The number of benzene rings is 2. The number of carbonyl (C=O) groups excluding carboxylic acids is 1. The van der Waals surface area contributed by atoms with Crippen molar-refractivity contribution in [3.05, 3.63) is 76.8 Å². The van der Waals surface area contributed by atoms with Crippen LogP contribution in [0.3, 0.4) is 0 Å². The number of hydrogen-bond donors (Lipinski definition) is 1. The molecule has 1 N–H and O–H groups in total. The van der Waals surface area contributed by atoms with E-state index in [1.54, 1.807) is 11.3 Å². The Labute approximate surface area is 176 Å². The third-order valence-electron chi connectivity index (χ3n) is 5.12. The van der Waals surface area contributed by atoms with E-state index in [1.807, 2.05) is 12.3 Å². The lowest BCUT2D eigenvalue weighted by atomic mass is 10.1. The van der Waals surface area contributed by atoms with Gasteiger partial charge in [0.25, 0.3) is 0 Å². The van der Waals surface area contributed by atoms with Crippen LogP contribution in [-0.4, -0.2) is 48.5 Å². The highest BCUT2D eigenvalue weighted by molar-refractivity contribution is 7.15. The van der Waals surface area contributed by atoms with Gasteiger partial charge >= 0.3 is 0 Å². The number of amides is 1. The van der Waals surface area contributed by atoms with Crippen LogP contribution in [0.4, 0.5) is 10.8 Å². The number of carbonyl (C=O) groups is 1. The van der Waals surface area contributed by atoms with Crippen LogP contribution >= 0.6 is 11.3 Å². The molecule has 1 aliphatic heterocycles. The van der Waals surface area contributed by atoms with Gasteiger partial charge in [0.15, 0.2) is 5.13 Å². The standard InChI is InChI=1S/C23H26N4OS/c1-18-6-5-7-19(14-18)15-21-16-24-23(29-21)25-22(28)17-26-10-12-27(13-11-26)20-8-3-2-4-9-20/h2-9,14,16H,10-13,15,17H2,1H3,(H,24,25,28). The number of nitrogens with zero attached hydrogens (tertiary/aromatic N) is 3. The monoisotopic (exact) mass is 406 g/mol. The van der Waals surface area contributed by atoms with E-state index in [1.165, 1.54) is 16.8 Å². The Bertz CT molecular complexity index is 948. The van der Waals surface area contributed by atoms with Crippen molar-refractivity contribution in [1.29, 1.82) is 0 Å². The summed E-state index contributed by atoms with van der Waals surface area (Å²) in [5, 5.41) is 3.64. The van der Waals surface area contributed by atoms with Gasteiger partial charge in [-0.2, -0.15) is 0 Å². The number of aryl methyl sites for hydroxylation is 1. The normalized spacial score (nSPS) is 14.7. The minimum absolute atomic E-state index is 0.00890. The summed E-state index contributed by atoms with van der Waals surface area (Å²) in [5.74, 6) is 0.00890. The Morgan fingerprint density at radius 3 is 2.62 bits per heavy atom. The molecule has 6 heteroatoms. The van der Waals surface area contributed by atoms with E-state index >= 15 is 0 Å². The molecule has 5 nitrogen and oxygen atoms in total. The van der Waals surface area contributed by atoms with Crippen LogP contribution in [0.25, 0.3) is 0 Å². The van der Waals surface area contributed by atoms with E-state index in [-0.39, 0.29) is 5.91 Å². The van der Waals surface area contributed by atoms with Crippen molar-refractivity contribution in [3.63, 3.8) is 0 Å². The van der Waals surface area contributed by atoms with Gasteiger partial charge in [0.2, 0.25) is 5.91 Å². The molecule has 1 fully saturated rings. The highest BCUT2D eigenvalue weighted by Gasteiger charge is 2.19. The topological polar surface area (TPSA) is 48.5 Å². The summed E-state index contributed by atoms with van der Waals surface area (Å²) < 4.78 is 0. The molecule has 0 atom stereocenters. The number of thiazole rings is 1. The van der Waals surface area contributed by atoms with Gasteiger partial charge in [-0.1, -0.05) is 48.0 Å². The maximum Gasteiger partial charge on any atom is 0.240 e. The number of piperazine rings is 1. The van der Waals surface area contributed by atoms with Crippen molar-refractivity contribution >= 4 is 28.1 Å². The average Bonchev–Trinajstić information content (AvgIpc) is 3.15. The lowest BCUT2D eigenvalue weighted by molar-refractivity contribution is -0.117. The summed E-state index contributed by atoms with van der Waals surface area (Å²) in [7, 11) is 0. The first kappa shape index (κ1) is 19.6. The summed E-state index contributed by atoms with van der Waals surface area (Å²) in [6.07, 6.45) is 2.71.